The topological polar surface area (TPSA) is 110 Å². The lowest BCUT2D eigenvalue weighted by molar-refractivity contribution is -0.122. The van der Waals surface area contributed by atoms with Crippen LogP contribution in [0.15, 0.2) is 0 Å². The van der Waals surface area contributed by atoms with Crippen molar-refractivity contribution >= 4 is 5.91 Å². The summed E-state index contributed by atoms with van der Waals surface area (Å²) in [5, 5.41) is 2.74. The first kappa shape index (κ1) is 25.8. The molecule has 1 amide bonds. The smallest absolute Gasteiger partial charge is 0.222 e. The second kappa shape index (κ2) is 22.8. The third-order valence-corrected chi connectivity index (χ3v) is 2.98. The van der Waals surface area contributed by atoms with Gasteiger partial charge in [0.2, 0.25) is 5.91 Å². The Morgan fingerprint density at radius 3 is 1.74 bits per heavy atom. The van der Waals surface area contributed by atoms with E-state index in [1.807, 2.05) is 0 Å². The van der Waals surface area contributed by atoms with Crippen LogP contribution in [-0.4, -0.2) is 98.3 Å². The quantitative estimate of drug-likeness (QED) is 0.193. The minimum Gasteiger partial charge on any atom is -0.379 e. The van der Waals surface area contributed by atoms with Gasteiger partial charge < -0.3 is 39.5 Å². The largest absolute Gasteiger partial charge is 0.379 e. The predicted octanol–water partition coefficient (Wildman–Crippen LogP) is -0.816. The van der Waals surface area contributed by atoms with E-state index in [2.05, 4.69) is 11.2 Å². The summed E-state index contributed by atoms with van der Waals surface area (Å²) < 4.78 is 31.5. The first-order chi connectivity index (χ1) is 13.3. The van der Waals surface area contributed by atoms with Crippen LogP contribution < -0.4 is 11.1 Å². The molecule has 9 nitrogen and oxygen atoms in total. The summed E-state index contributed by atoms with van der Waals surface area (Å²) in [6.07, 6.45) is 5.36. The van der Waals surface area contributed by atoms with Gasteiger partial charge in [0.1, 0.15) is 6.61 Å². The highest BCUT2D eigenvalue weighted by molar-refractivity contribution is 5.75. The third-order valence-electron chi connectivity index (χ3n) is 2.98. The summed E-state index contributed by atoms with van der Waals surface area (Å²) in [6.45, 7) is 6.45. The highest BCUT2D eigenvalue weighted by Crippen LogP contribution is 1.86. The number of hydrogen-bond donors (Lipinski definition) is 2. The maximum atomic E-state index is 11.5. The van der Waals surface area contributed by atoms with Crippen molar-refractivity contribution in [1.29, 1.82) is 0 Å². The molecule has 0 aliphatic heterocycles. The van der Waals surface area contributed by atoms with Gasteiger partial charge in [0, 0.05) is 19.5 Å². The molecule has 0 unspecified atom stereocenters. The Balaban J connectivity index is 3.10. The summed E-state index contributed by atoms with van der Waals surface area (Å²) in [6, 6.07) is 0. The van der Waals surface area contributed by atoms with Gasteiger partial charge in [-0.15, -0.1) is 6.42 Å². The molecule has 0 aliphatic carbocycles. The summed E-state index contributed by atoms with van der Waals surface area (Å²) in [7, 11) is 0. The summed E-state index contributed by atoms with van der Waals surface area (Å²) in [4.78, 5) is 11.5. The van der Waals surface area contributed by atoms with Crippen LogP contribution in [0, 0.1) is 12.3 Å². The Hall–Kier alpha value is -1.25. The van der Waals surface area contributed by atoms with Crippen LogP contribution in [0.3, 0.4) is 0 Å². The summed E-state index contributed by atoms with van der Waals surface area (Å²) >= 11 is 0. The normalized spacial score (nSPS) is 10.7. The fourth-order valence-corrected chi connectivity index (χ4v) is 1.71. The van der Waals surface area contributed by atoms with Crippen molar-refractivity contribution in [3.63, 3.8) is 0 Å². The molecule has 27 heavy (non-hydrogen) atoms. The Kier molecular flexibility index (Phi) is 21.7. The van der Waals surface area contributed by atoms with Crippen LogP contribution in [0.4, 0.5) is 0 Å². The fourth-order valence-electron chi connectivity index (χ4n) is 1.71. The van der Waals surface area contributed by atoms with Crippen LogP contribution in [0.25, 0.3) is 0 Å². The maximum Gasteiger partial charge on any atom is 0.222 e. The number of nitrogens with one attached hydrogen (secondary N) is 1. The molecule has 0 spiro atoms. The highest BCUT2D eigenvalue weighted by Gasteiger charge is 2.00. The minimum atomic E-state index is -0.0644. The first-order valence-corrected chi connectivity index (χ1v) is 9.18. The third kappa shape index (κ3) is 22.7. The molecule has 0 aromatic heterocycles. The standard InChI is InChI=1S/C18H34N2O7/c1-2-6-22-10-12-25-14-16-27-17-15-26-13-11-23-7-3-18(21)20-5-9-24-8-4-19/h1H,3-17,19H2,(H,20,21). The molecule has 0 radical (unpaired) electrons. The van der Waals surface area contributed by atoms with E-state index in [1.165, 1.54) is 0 Å². The van der Waals surface area contributed by atoms with E-state index in [-0.39, 0.29) is 5.91 Å². The van der Waals surface area contributed by atoms with Gasteiger partial charge in [-0.1, -0.05) is 5.92 Å². The molecule has 0 aromatic carbocycles. The predicted molar refractivity (Wildman–Crippen MR) is 100 cm³/mol. The van der Waals surface area contributed by atoms with Crippen LogP contribution in [0.5, 0.6) is 0 Å². The Labute approximate surface area is 162 Å². The van der Waals surface area contributed by atoms with Crippen molar-refractivity contribution in [3.05, 3.63) is 0 Å². The molecule has 0 atom stereocenters. The number of terminal acetylenes is 1. The van der Waals surface area contributed by atoms with E-state index in [0.29, 0.717) is 98.8 Å². The first-order valence-electron chi connectivity index (χ1n) is 9.18. The highest BCUT2D eigenvalue weighted by atomic mass is 16.6. The van der Waals surface area contributed by atoms with E-state index in [4.69, 9.17) is 40.6 Å². The van der Waals surface area contributed by atoms with Gasteiger partial charge in [-0.2, -0.15) is 0 Å². The van der Waals surface area contributed by atoms with Crippen molar-refractivity contribution in [3.8, 4) is 12.3 Å². The molecule has 0 aliphatic rings. The lowest BCUT2D eigenvalue weighted by Gasteiger charge is -2.08. The lowest BCUT2D eigenvalue weighted by atomic mass is 10.4. The van der Waals surface area contributed by atoms with Gasteiger partial charge in [0.05, 0.1) is 72.7 Å². The average molecular weight is 390 g/mol. The second-order valence-corrected chi connectivity index (χ2v) is 5.21. The van der Waals surface area contributed by atoms with Gasteiger partial charge in [-0.3, -0.25) is 4.79 Å². The van der Waals surface area contributed by atoms with Crippen LogP contribution in [0.2, 0.25) is 0 Å². The Morgan fingerprint density at radius 1 is 0.741 bits per heavy atom. The number of rotatable bonds is 21. The van der Waals surface area contributed by atoms with Gasteiger partial charge in [-0.25, -0.2) is 0 Å². The summed E-state index contributed by atoms with van der Waals surface area (Å²) in [5.41, 5.74) is 5.29. The van der Waals surface area contributed by atoms with Crippen molar-refractivity contribution in [2.45, 2.75) is 6.42 Å². The van der Waals surface area contributed by atoms with Crippen LogP contribution >= 0.6 is 0 Å². The second-order valence-electron chi connectivity index (χ2n) is 5.21. The molecular weight excluding hydrogens is 356 g/mol. The molecule has 0 saturated heterocycles. The van der Waals surface area contributed by atoms with Crippen molar-refractivity contribution in [2.75, 3.05) is 92.4 Å². The Morgan fingerprint density at radius 2 is 1.22 bits per heavy atom. The van der Waals surface area contributed by atoms with Gasteiger partial charge >= 0.3 is 0 Å². The minimum absolute atomic E-state index is 0.0644. The number of ether oxygens (including phenoxy) is 6. The number of carbonyl (C=O) groups is 1. The van der Waals surface area contributed by atoms with Crippen molar-refractivity contribution < 1.29 is 33.2 Å². The number of carbonyl (C=O) groups excluding carboxylic acids is 1. The van der Waals surface area contributed by atoms with Crippen molar-refractivity contribution in [2.24, 2.45) is 5.73 Å². The number of hydrogen-bond acceptors (Lipinski definition) is 8. The summed E-state index contributed by atoms with van der Waals surface area (Å²) in [5.74, 6) is 2.32. The molecule has 0 rings (SSSR count). The van der Waals surface area contributed by atoms with Gasteiger partial charge in [0.25, 0.3) is 0 Å². The van der Waals surface area contributed by atoms with Crippen LogP contribution in [-0.2, 0) is 33.2 Å². The zero-order valence-electron chi connectivity index (χ0n) is 16.1. The van der Waals surface area contributed by atoms with E-state index < -0.39 is 0 Å². The molecule has 158 valence electrons. The Bertz CT molecular complexity index is 364. The van der Waals surface area contributed by atoms with E-state index >= 15 is 0 Å². The SMILES string of the molecule is C#CCOCCOCCOCCOCCOCCC(=O)NCCOCCN. The molecule has 0 fully saturated rings. The molecule has 0 heterocycles. The molecule has 0 aromatic rings. The van der Waals surface area contributed by atoms with E-state index in [0.717, 1.165) is 0 Å². The average Bonchev–Trinajstić information content (AvgIpc) is 2.67. The van der Waals surface area contributed by atoms with Gasteiger partial charge in [0.15, 0.2) is 0 Å². The fraction of sp³-hybridized carbons (Fsp3) is 0.833. The lowest BCUT2D eigenvalue weighted by Crippen LogP contribution is -2.28. The molecule has 0 bridgehead atoms. The van der Waals surface area contributed by atoms with E-state index in [1.54, 1.807) is 0 Å². The van der Waals surface area contributed by atoms with Gasteiger partial charge in [-0.05, 0) is 0 Å². The van der Waals surface area contributed by atoms with Crippen LogP contribution in [0.1, 0.15) is 6.42 Å². The molecular formula is C18H34N2O7. The number of nitrogens with two attached hydrogens (primary N) is 1. The van der Waals surface area contributed by atoms with E-state index in [9.17, 15) is 4.79 Å². The number of amides is 1. The molecule has 3 N–H and O–H groups in total. The molecule has 9 heteroatoms. The maximum absolute atomic E-state index is 11.5. The van der Waals surface area contributed by atoms with Crippen molar-refractivity contribution in [1.82, 2.24) is 5.32 Å². The zero-order valence-corrected chi connectivity index (χ0v) is 16.1. The molecule has 0 saturated carbocycles. The monoisotopic (exact) mass is 390 g/mol. The zero-order chi connectivity index (χ0) is 19.8.